The van der Waals surface area contributed by atoms with Crippen LogP contribution in [0, 0.1) is 0 Å². The van der Waals surface area contributed by atoms with Crippen LogP contribution in [0.2, 0.25) is 0 Å². The number of hydrogen-bond donors (Lipinski definition) is 3. The third-order valence-corrected chi connectivity index (χ3v) is 4.90. The van der Waals surface area contributed by atoms with E-state index in [1.165, 1.54) is 10.9 Å². The predicted molar refractivity (Wildman–Crippen MR) is 121 cm³/mol. The largest absolute Gasteiger partial charge is 0.507 e. The lowest BCUT2D eigenvalue weighted by molar-refractivity contribution is 0.0960. The SMILES string of the molecule is C=CCNC(=O)c1c(N)n(/N=C\c2cc(Br)ccc2O)c2nc3ccccc3nc12. The van der Waals surface area contributed by atoms with E-state index in [9.17, 15) is 9.90 Å². The Hall–Kier alpha value is -3.72. The Bertz CT molecular complexity index is 1330. The monoisotopic (exact) mass is 464 g/mol. The van der Waals surface area contributed by atoms with Crippen LogP contribution < -0.4 is 11.1 Å². The predicted octanol–water partition coefficient (Wildman–Crippen LogP) is 3.43. The highest BCUT2D eigenvalue weighted by Crippen LogP contribution is 2.28. The Labute approximate surface area is 179 Å². The molecular formula is C21H17BrN6O2. The number of aromatic hydroxyl groups is 1. The maximum atomic E-state index is 12.7. The van der Waals surface area contributed by atoms with Gasteiger partial charge in [0.15, 0.2) is 5.65 Å². The van der Waals surface area contributed by atoms with Crippen molar-refractivity contribution in [2.24, 2.45) is 5.10 Å². The minimum absolute atomic E-state index is 0.0532. The lowest BCUT2D eigenvalue weighted by atomic mass is 10.2. The number of para-hydroxylation sites is 2. The van der Waals surface area contributed by atoms with Gasteiger partial charge in [-0.1, -0.05) is 34.1 Å². The Balaban J connectivity index is 1.93. The van der Waals surface area contributed by atoms with Gasteiger partial charge in [-0.2, -0.15) is 9.78 Å². The van der Waals surface area contributed by atoms with Crippen LogP contribution in [0.15, 0.2) is 64.7 Å². The number of hydrogen-bond acceptors (Lipinski definition) is 6. The summed E-state index contributed by atoms with van der Waals surface area (Å²) >= 11 is 3.36. The van der Waals surface area contributed by atoms with Crippen molar-refractivity contribution >= 4 is 56.1 Å². The molecule has 8 nitrogen and oxygen atoms in total. The molecule has 2 heterocycles. The standard InChI is InChI=1S/C21H17BrN6O2/c1-2-9-24-21(30)17-18-20(27-15-6-4-3-5-14(15)26-18)28(19(17)23)25-11-12-10-13(22)7-8-16(12)29/h2-8,10-11,29H,1,9,23H2,(H,24,30)/b25-11-. The van der Waals surface area contributed by atoms with E-state index in [1.54, 1.807) is 24.3 Å². The highest BCUT2D eigenvalue weighted by Gasteiger charge is 2.23. The number of anilines is 1. The number of carbonyl (C=O) groups is 1. The van der Waals surface area contributed by atoms with E-state index in [0.29, 0.717) is 27.8 Å². The van der Waals surface area contributed by atoms with Crippen LogP contribution in [0.3, 0.4) is 0 Å². The summed E-state index contributed by atoms with van der Waals surface area (Å²) in [5, 5.41) is 17.2. The van der Waals surface area contributed by atoms with E-state index in [-0.39, 0.29) is 23.7 Å². The Kier molecular flexibility index (Phi) is 5.20. The number of nitrogen functional groups attached to an aromatic ring is 1. The van der Waals surface area contributed by atoms with Crippen LogP contribution >= 0.6 is 15.9 Å². The van der Waals surface area contributed by atoms with E-state index >= 15 is 0 Å². The molecule has 4 rings (SSSR count). The van der Waals surface area contributed by atoms with Crippen LogP contribution in [-0.2, 0) is 0 Å². The van der Waals surface area contributed by atoms with Crippen molar-refractivity contribution in [3.8, 4) is 5.75 Å². The molecule has 9 heteroatoms. The first-order chi connectivity index (χ1) is 14.5. The number of rotatable bonds is 5. The normalized spacial score (nSPS) is 11.4. The molecule has 1 amide bonds. The van der Waals surface area contributed by atoms with Crippen LogP contribution in [0.4, 0.5) is 5.82 Å². The van der Waals surface area contributed by atoms with Crippen molar-refractivity contribution in [2.45, 2.75) is 0 Å². The Morgan fingerprint density at radius 2 is 2.00 bits per heavy atom. The van der Waals surface area contributed by atoms with Gasteiger partial charge in [0.05, 0.1) is 17.2 Å². The van der Waals surface area contributed by atoms with Crippen LogP contribution in [-0.4, -0.2) is 38.4 Å². The van der Waals surface area contributed by atoms with Gasteiger partial charge in [0.2, 0.25) is 0 Å². The summed E-state index contributed by atoms with van der Waals surface area (Å²) in [4.78, 5) is 21.9. The van der Waals surface area contributed by atoms with Crippen molar-refractivity contribution in [2.75, 3.05) is 12.3 Å². The van der Waals surface area contributed by atoms with Gasteiger partial charge >= 0.3 is 0 Å². The molecule has 0 fully saturated rings. The van der Waals surface area contributed by atoms with Gasteiger partial charge < -0.3 is 16.2 Å². The summed E-state index contributed by atoms with van der Waals surface area (Å²) in [6.45, 7) is 3.88. The van der Waals surface area contributed by atoms with E-state index in [2.05, 4.69) is 42.9 Å². The van der Waals surface area contributed by atoms with E-state index in [4.69, 9.17) is 5.73 Å². The molecule has 0 saturated heterocycles. The highest BCUT2D eigenvalue weighted by atomic mass is 79.9. The first kappa shape index (κ1) is 19.6. The number of benzene rings is 2. The number of fused-ring (bicyclic) bond motifs is 2. The number of amides is 1. The number of nitrogens with zero attached hydrogens (tertiary/aromatic N) is 4. The van der Waals surface area contributed by atoms with E-state index in [1.807, 2.05) is 24.3 Å². The summed E-state index contributed by atoms with van der Waals surface area (Å²) in [5.74, 6) is -0.258. The smallest absolute Gasteiger partial charge is 0.257 e. The summed E-state index contributed by atoms with van der Waals surface area (Å²) in [6.07, 6.45) is 3.01. The van der Waals surface area contributed by atoms with Gasteiger partial charge in [0, 0.05) is 16.6 Å². The van der Waals surface area contributed by atoms with Crippen LogP contribution in [0.1, 0.15) is 15.9 Å². The quantitative estimate of drug-likeness (QED) is 0.308. The molecule has 0 aliphatic heterocycles. The summed E-state index contributed by atoms with van der Waals surface area (Å²) in [7, 11) is 0. The molecule has 0 radical (unpaired) electrons. The molecule has 4 aromatic rings. The van der Waals surface area contributed by atoms with E-state index < -0.39 is 5.91 Å². The maximum absolute atomic E-state index is 12.7. The van der Waals surface area contributed by atoms with Crippen molar-refractivity contribution in [1.29, 1.82) is 0 Å². The van der Waals surface area contributed by atoms with Crippen molar-refractivity contribution in [3.63, 3.8) is 0 Å². The van der Waals surface area contributed by atoms with Gasteiger partial charge in [-0.15, -0.1) is 6.58 Å². The zero-order valence-electron chi connectivity index (χ0n) is 15.7. The van der Waals surface area contributed by atoms with Gasteiger partial charge in [0.25, 0.3) is 5.91 Å². The number of nitrogens with one attached hydrogen (secondary N) is 1. The molecule has 4 N–H and O–H groups in total. The van der Waals surface area contributed by atoms with Gasteiger partial charge in [0.1, 0.15) is 22.6 Å². The molecule has 0 aliphatic carbocycles. The molecule has 0 atom stereocenters. The summed E-state index contributed by atoms with van der Waals surface area (Å²) in [6, 6.07) is 12.3. The number of halogens is 1. The third-order valence-electron chi connectivity index (χ3n) is 4.41. The minimum atomic E-state index is -0.402. The van der Waals surface area contributed by atoms with Crippen molar-refractivity contribution < 1.29 is 9.90 Å². The first-order valence-corrected chi connectivity index (χ1v) is 9.77. The summed E-state index contributed by atoms with van der Waals surface area (Å²) in [5.41, 5.74) is 8.89. The number of carbonyl (C=O) groups excluding carboxylic acids is 1. The topological polar surface area (TPSA) is 118 Å². The fourth-order valence-corrected chi connectivity index (χ4v) is 3.37. The average Bonchev–Trinajstić information content (AvgIpc) is 3.01. The van der Waals surface area contributed by atoms with Crippen LogP contribution in [0.5, 0.6) is 5.75 Å². The second kappa shape index (κ2) is 7.96. The zero-order valence-corrected chi connectivity index (χ0v) is 17.3. The van der Waals surface area contributed by atoms with Gasteiger partial charge in [-0.25, -0.2) is 9.97 Å². The molecule has 0 saturated carbocycles. The second-order valence-electron chi connectivity index (χ2n) is 6.40. The lowest BCUT2D eigenvalue weighted by Gasteiger charge is -2.03. The molecule has 0 unspecified atom stereocenters. The molecule has 2 aromatic heterocycles. The average molecular weight is 465 g/mol. The van der Waals surface area contributed by atoms with Crippen LogP contribution in [0.25, 0.3) is 22.2 Å². The van der Waals surface area contributed by atoms with Crippen molar-refractivity contribution in [3.05, 3.63) is 70.7 Å². The lowest BCUT2D eigenvalue weighted by Crippen LogP contribution is -2.24. The molecular weight excluding hydrogens is 448 g/mol. The number of aromatic nitrogens is 3. The fourth-order valence-electron chi connectivity index (χ4n) is 2.99. The highest BCUT2D eigenvalue weighted by molar-refractivity contribution is 9.10. The fraction of sp³-hybridized carbons (Fsp3) is 0.0476. The minimum Gasteiger partial charge on any atom is -0.507 e. The molecule has 0 bridgehead atoms. The van der Waals surface area contributed by atoms with Crippen molar-refractivity contribution in [1.82, 2.24) is 20.0 Å². The molecule has 30 heavy (non-hydrogen) atoms. The number of phenols is 1. The van der Waals surface area contributed by atoms with Gasteiger partial charge in [-0.05, 0) is 30.3 Å². The Morgan fingerprint density at radius 1 is 1.27 bits per heavy atom. The second-order valence-corrected chi connectivity index (χ2v) is 7.32. The number of nitrogens with two attached hydrogens (primary N) is 1. The molecule has 0 spiro atoms. The third kappa shape index (κ3) is 3.50. The van der Waals surface area contributed by atoms with Gasteiger partial charge in [-0.3, -0.25) is 4.79 Å². The first-order valence-electron chi connectivity index (χ1n) is 8.98. The Morgan fingerprint density at radius 3 is 2.73 bits per heavy atom. The summed E-state index contributed by atoms with van der Waals surface area (Å²) < 4.78 is 2.13. The molecule has 150 valence electrons. The maximum Gasteiger partial charge on any atom is 0.257 e. The zero-order chi connectivity index (χ0) is 21.3. The van der Waals surface area contributed by atoms with E-state index in [0.717, 1.165) is 4.47 Å². The molecule has 2 aromatic carbocycles. The number of phenolic OH excluding ortho intramolecular Hbond substituents is 1. The molecule has 0 aliphatic rings.